The average molecular weight is 271 g/mol. The molecule has 0 aromatic heterocycles. The summed E-state index contributed by atoms with van der Waals surface area (Å²) in [4.78, 5) is 11.4. The highest BCUT2D eigenvalue weighted by Crippen LogP contribution is 2.08. The van der Waals surface area contributed by atoms with Crippen molar-refractivity contribution in [2.75, 3.05) is 32.7 Å². The van der Waals surface area contributed by atoms with Gasteiger partial charge in [-0.3, -0.25) is 0 Å². The predicted molar refractivity (Wildman–Crippen MR) is 77.3 cm³/mol. The van der Waals surface area contributed by atoms with Crippen molar-refractivity contribution in [1.82, 2.24) is 16.0 Å². The molecule has 0 aromatic carbocycles. The number of carbonyl (C=O) groups is 1. The van der Waals surface area contributed by atoms with Crippen LogP contribution in [0.15, 0.2) is 0 Å². The molecule has 1 heterocycles. The van der Waals surface area contributed by atoms with Gasteiger partial charge in [0.15, 0.2) is 0 Å². The lowest BCUT2D eigenvalue weighted by atomic mass is 10.00. The topological polar surface area (TPSA) is 62.4 Å². The van der Waals surface area contributed by atoms with Gasteiger partial charge in [0.25, 0.3) is 0 Å². The summed E-state index contributed by atoms with van der Waals surface area (Å²) in [5.41, 5.74) is -0.420. The summed E-state index contributed by atoms with van der Waals surface area (Å²) in [6.45, 7) is 10.6. The van der Waals surface area contributed by atoms with E-state index >= 15 is 0 Å². The van der Waals surface area contributed by atoms with E-state index in [9.17, 15) is 4.79 Å². The number of piperidine rings is 1. The minimum Gasteiger partial charge on any atom is -0.444 e. The maximum Gasteiger partial charge on any atom is 0.407 e. The van der Waals surface area contributed by atoms with Crippen LogP contribution < -0.4 is 16.0 Å². The molecule has 5 nitrogen and oxygen atoms in total. The van der Waals surface area contributed by atoms with E-state index in [-0.39, 0.29) is 6.09 Å². The largest absolute Gasteiger partial charge is 0.444 e. The molecule has 3 N–H and O–H groups in total. The van der Waals surface area contributed by atoms with Gasteiger partial charge in [0.1, 0.15) is 5.60 Å². The van der Waals surface area contributed by atoms with Gasteiger partial charge in [0, 0.05) is 6.54 Å². The molecule has 1 fully saturated rings. The van der Waals surface area contributed by atoms with Gasteiger partial charge in [-0.2, -0.15) is 0 Å². The van der Waals surface area contributed by atoms with Gasteiger partial charge in [-0.1, -0.05) is 0 Å². The first-order valence-electron chi connectivity index (χ1n) is 7.35. The Balaban J connectivity index is 1.92. The van der Waals surface area contributed by atoms with Gasteiger partial charge in [0.05, 0.1) is 0 Å². The zero-order valence-electron chi connectivity index (χ0n) is 12.6. The van der Waals surface area contributed by atoms with Gasteiger partial charge >= 0.3 is 6.09 Å². The van der Waals surface area contributed by atoms with Gasteiger partial charge in [-0.25, -0.2) is 4.79 Å². The molecular weight excluding hydrogens is 242 g/mol. The Hall–Kier alpha value is -0.810. The lowest BCUT2D eigenvalue weighted by Gasteiger charge is -2.23. The standard InChI is InChI=1S/C14H29N3O2/c1-14(2,3)19-13(18)17-9-5-8-16-11-12-6-4-7-15-10-12/h12,15-16H,4-11H2,1-3H3,(H,17,18). The lowest BCUT2D eigenvalue weighted by molar-refractivity contribution is 0.0527. The molecule has 0 aromatic rings. The van der Waals surface area contributed by atoms with Crippen LogP contribution >= 0.6 is 0 Å². The average Bonchev–Trinajstić information content (AvgIpc) is 2.32. The summed E-state index contributed by atoms with van der Waals surface area (Å²) in [5.74, 6) is 0.757. The predicted octanol–water partition coefficient (Wildman–Crippen LogP) is 1.49. The summed E-state index contributed by atoms with van der Waals surface area (Å²) in [5, 5.41) is 9.62. The van der Waals surface area contributed by atoms with Crippen molar-refractivity contribution in [1.29, 1.82) is 0 Å². The fourth-order valence-electron chi connectivity index (χ4n) is 2.12. The lowest BCUT2D eigenvalue weighted by Crippen LogP contribution is -2.37. The highest BCUT2D eigenvalue weighted by Gasteiger charge is 2.15. The van der Waals surface area contributed by atoms with Gasteiger partial charge in [-0.15, -0.1) is 0 Å². The van der Waals surface area contributed by atoms with Crippen molar-refractivity contribution >= 4 is 6.09 Å². The second-order valence-electron chi connectivity index (χ2n) is 6.20. The molecule has 19 heavy (non-hydrogen) atoms. The van der Waals surface area contributed by atoms with E-state index in [1.807, 2.05) is 20.8 Å². The molecule has 1 atom stereocenters. The number of alkyl carbamates (subject to hydrolysis) is 1. The Bertz CT molecular complexity index is 258. The second-order valence-corrected chi connectivity index (χ2v) is 6.20. The Labute approximate surface area is 116 Å². The molecule has 1 amide bonds. The molecule has 112 valence electrons. The van der Waals surface area contributed by atoms with Gasteiger partial charge < -0.3 is 20.7 Å². The monoisotopic (exact) mass is 271 g/mol. The third-order valence-electron chi connectivity index (χ3n) is 3.03. The van der Waals surface area contributed by atoms with E-state index in [0.717, 1.165) is 38.5 Å². The zero-order valence-corrected chi connectivity index (χ0v) is 12.6. The van der Waals surface area contributed by atoms with Crippen molar-refractivity contribution in [3.63, 3.8) is 0 Å². The molecule has 0 radical (unpaired) electrons. The van der Waals surface area contributed by atoms with Crippen molar-refractivity contribution in [2.45, 2.75) is 45.6 Å². The summed E-state index contributed by atoms with van der Waals surface area (Å²) < 4.78 is 5.16. The number of hydrogen-bond acceptors (Lipinski definition) is 4. The number of amides is 1. The summed E-state index contributed by atoms with van der Waals surface area (Å²) in [6, 6.07) is 0. The highest BCUT2D eigenvalue weighted by atomic mass is 16.6. The van der Waals surface area contributed by atoms with Crippen molar-refractivity contribution in [2.24, 2.45) is 5.92 Å². The number of ether oxygens (including phenoxy) is 1. The molecule has 1 saturated heterocycles. The Morgan fingerprint density at radius 3 is 2.79 bits per heavy atom. The van der Waals surface area contributed by atoms with Crippen LogP contribution in [0, 0.1) is 5.92 Å². The first-order chi connectivity index (χ1) is 8.97. The molecule has 5 heteroatoms. The number of nitrogens with one attached hydrogen (secondary N) is 3. The first-order valence-corrected chi connectivity index (χ1v) is 7.35. The van der Waals surface area contributed by atoms with E-state index in [0.29, 0.717) is 6.54 Å². The quantitative estimate of drug-likeness (QED) is 0.641. The van der Waals surface area contributed by atoms with Crippen LogP contribution in [-0.4, -0.2) is 44.4 Å². The maximum absolute atomic E-state index is 11.4. The fourth-order valence-corrected chi connectivity index (χ4v) is 2.12. The van der Waals surface area contributed by atoms with Crippen LogP contribution in [0.4, 0.5) is 4.79 Å². The van der Waals surface area contributed by atoms with Crippen LogP contribution in [0.2, 0.25) is 0 Å². The van der Waals surface area contributed by atoms with E-state index in [1.165, 1.54) is 12.8 Å². The molecule has 0 bridgehead atoms. The van der Waals surface area contributed by atoms with Crippen LogP contribution in [0.1, 0.15) is 40.0 Å². The van der Waals surface area contributed by atoms with E-state index in [1.54, 1.807) is 0 Å². The summed E-state index contributed by atoms with van der Waals surface area (Å²) in [7, 11) is 0. The van der Waals surface area contributed by atoms with Crippen LogP contribution in [0.25, 0.3) is 0 Å². The molecular formula is C14H29N3O2. The molecule has 0 saturated carbocycles. The van der Waals surface area contributed by atoms with Crippen molar-refractivity contribution < 1.29 is 9.53 Å². The minimum atomic E-state index is -0.420. The van der Waals surface area contributed by atoms with E-state index < -0.39 is 5.60 Å². The number of rotatable bonds is 6. The Kier molecular flexibility index (Phi) is 7.16. The minimum absolute atomic E-state index is 0.330. The third kappa shape index (κ3) is 8.83. The zero-order chi connectivity index (χ0) is 14.1. The van der Waals surface area contributed by atoms with Crippen molar-refractivity contribution in [3.8, 4) is 0 Å². The first kappa shape index (κ1) is 16.2. The van der Waals surface area contributed by atoms with Gasteiger partial charge in [0.2, 0.25) is 0 Å². The summed E-state index contributed by atoms with van der Waals surface area (Å²) in [6.07, 6.45) is 3.20. The molecule has 1 rings (SSSR count). The molecule has 1 unspecified atom stereocenters. The van der Waals surface area contributed by atoms with E-state index in [2.05, 4.69) is 16.0 Å². The Morgan fingerprint density at radius 2 is 2.16 bits per heavy atom. The van der Waals surface area contributed by atoms with Gasteiger partial charge in [-0.05, 0) is 72.1 Å². The van der Waals surface area contributed by atoms with E-state index in [4.69, 9.17) is 4.74 Å². The third-order valence-corrected chi connectivity index (χ3v) is 3.03. The SMILES string of the molecule is CC(C)(C)OC(=O)NCCCNCC1CCCNC1. The van der Waals surface area contributed by atoms with Crippen LogP contribution in [-0.2, 0) is 4.74 Å². The molecule has 1 aliphatic rings. The number of hydrogen-bond donors (Lipinski definition) is 3. The smallest absolute Gasteiger partial charge is 0.407 e. The van der Waals surface area contributed by atoms with Crippen molar-refractivity contribution in [3.05, 3.63) is 0 Å². The van der Waals surface area contributed by atoms with Crippen LogP contribution in [0.3, 0.4) is 0 Å². The fraction of sp³-hybridized carbons (Fsp3) is 0.929. The molecule has 0 spiro atoms. The van der Waals surface area contributed by atoms with Crippen LogP contribution in [0.5, 0.6) is 0 Å². The normalized spacial score (nSPS) is 20.1. The molecule has 0 aliphatic carbocycles. The summed E-state index contributed by atoms with van der Waals surface area (Å²) >= 11 is 0. The Morgan fingerprint density at radius 1 is 1.37 bits per heavy atom. The maximum atomic E-state index is 11.4. The molecule has 1 aliphatic heterocycles. The second kappa shape index (κ2) is 8.38. The highest BCUT2D eigenvalue weighted by molar-refractivity contribution is 5.67. The number of carbonyl (C=O) groups excluding carboxylic acids is 1.